The number of nitrogens with two attached hydrogens (primary N) is 1. The van der Waals surface area contributed by atoms with Crippen LogP contribution in [0, 0.1) is 6.92 Å². The molecule has 0 aliphatic rings. The van der Waals surface area contributed by atoms with Crippen LogP contribution in [0.1, 0.15) is 5.56 Å². The van der Waals surface area contributed by atoms with E-state index in [4.69, 9.17) is 5.73 Å². The molecule has 2 aromatic heterocycles. The number of rotatable bonds is 1. The first-order valence-corrected chi connectivity index (χ1v) is 5.43. The topological polar surface area (TPSA) is 56.2 Å². The number of hydrogen-bond acceptors (Lipinski definition) is 3. The van der Waals surface area contributed by atoms with E-state index in [1.54, 1.807) is 4.52 Å². The number of pyridine rings is 1. The molecule has 0 aliphatic heterocycles. The molecular formula is C13H12N4. The van der Waals surface area contributed by atoms with Gasteiger partial charge < -0.3 is 5.73 Å². The van der Waals surface area contributed by atoms with E-state index in [-0.39, 0.29) is 0 Å². The standard InChI is InChI=1S/C13H12N4/c1-9-5-2-3-6-10(9)11-7-4-8-12-15-13(14)16-17(11)12/h2-8H,1H3,(H2,14,16). The quantitative estimate of drug-likeness (QED) is 0.690. The predicted octanol–water partition coefficient (Wildman–Crippen LogP) is 2.29. The van der Waals surface area contributed by atoms with E-state index in [9.17, 15) is 0 Å². The van der Waals surface area contributed by atoms with Crippen molar-refractivity contribution in [1.82, 2.24) is 14.6 Å². The molecule has 0 radical (unpaired) electrons. The fourth-order valence-electron chi connectivity index (χ4n) is 1.99. The van der Waals surface area contributed by atoms with E-state index in [1.807, 2.05) is 30.3 Å². The smallest absolute Gasteiger partial charge is 0.240 e. The molecule has 0 spiro atoms. The number of anilines is 1. The zero-order valence-corrected chi connectivity index (χ0v) is 9.46. The van der Waals surface area contributed by atoms with Crippen LogP contribution in [0.5, 0.6) is 0 Å². The Morgan fingerprint density at radius 3 is 2.71 bits per heavy atom. The van der Waals surface area contributed by atoms with Gasteiger partial charge in [0.1, 0.15) is 0 Å². The van der Waals surface area contributed by atoms with E-state index in [2.05, 4.69) is 29.1 Å². The molecule has 0 bridgehead atoms. The van der Waals surface area contributed by atoms with Gasteiger partial charge in [-0.25, -0.2) is 4.52 Å². The highest BCUT2D eigenvalue weighted by Crippen LogP contribution is 2.23. The molecule has 1 aromatic carbocycles. The maximum atomic E-state index is 5.63. The van der Waals surface area contributed by atoms with Crippen molar-refractivity contribution in [3.8, 4) is 11.3 Å². The monoisotopic (exact) mass is 224 g/mol. The van der Waals surface area contributed by atoms with Gasteiger partial charge >= 0.3 is 0 Å². The van der Waals surface area contributed by atoms with Gasteiger partial charge in [0, 0.05) is 5.56 Å². The molecular weight excluding hydrogens is 212 g/mol. The molecule has 0 fully saturated rings. The highest BCUT2D eigenvalue weighted by Gasteiger charge is 2.08. The van der Waals surface area contributed by atoms with Crippen LogP contribution in [-0.2, 0) is 0 Å². The van der Waals surface area contributed by atoms with E-state index in [0.717, 1.165) is 16.9 Å². The number of benzene rings is 1. The Labute approximate surface area is 98.7 Å². The molecule has 17 heavy (non-hydrogen) atoms. The Kier molecular flexibility index (Phi) is 2.08. The zero-order chi connectivity index (χ0) is 11.8. The van der Waals surface area contributed by atoms with Crippen LogP contribution in [-0.4, -0.2) is 14.6 Å². The molecule has 3 rings (SSSR count). The lowest BCUT2D eigenvalue weighted by molar-refractivity contribution is 0.975. The first kappa shape index (κ1) is 9.84. The summed E-state index contributed by atoms with van der Waals surface area (Å²) in [5.41, 5.74) is 9.75. The van der Waals surface area contributed by atoms with Gasteiger partial charge in [0.05, 0.1) is 5.69 Å². The Morgan fingerprint density at radius 1 is 1.06 bits per heavy atom. The zero-order valence-electron chi connectivity index (χ0n) is 9.46. The SMILES string of the molecule is Cc1ccccc1-c1cccc2nc(N)nn12. The molecule has 0 saturated carbocycles. The van der Waals surface area contributed by atoms with Gasteiger partial charge in [-0.15, -0.1) is 5.10 Å². The molecule has 0 unspecified atom stereocenters. The summed E-state index contributed by atoms with van der Waals surface area (Å²) in [5.74, 6) is 0.297. The Bertz CT molecular complexity index is 685. The summed E-state index contributed by atoms with van der Waals surface area (Å²) in [7, 11) is 0. The summed E-state index contributed by atoms with van der Waals surface area (Å²) in [4.78, 5) is 4.16. The number of nitrogen functional groups attached to an aromatic ring is 1. The van der Waals surface area contributed by atoms with Crippen LogP contribution >= 0.6 is 0 Å². The van der Waals surface area contributed by atoms with Crippen LogP contribution < -0.4 is 5.73 Å². The summed E-state index contributed by atoms with van der Waals surface area (Å²) >= 11 is 0. The maximum absolute atomic E-state index is 5.63. The van der Waals surface area contributed by atoms with Crippen molar-refractivity contribution in [2.45, 2.75) is 6.92 Å². The predicted molar refractivity (Wildman–Crippen MR) is 67.6 cm³/mol. The maximum Gasteiger partial charge on any atom is 0.240 e. The number of nitrogens with zero attached hydrogens (tertiary/aromatic N) is 3. The van der Waals surface area contributed by atoms with Gasteiger partial charge in [0.2, 0.25) is 5.95 Å². The first-order valence-electron chi connectivity index (χ1n) is 5.43. The average molecular weight is 224 g/mol. The molecule has 0 saturated heterocycles. The minimum Gasteiger partial charge on any atom is -0.366 e. The lowest BCUT2D eigenvalue weighted by Gasteiger charge is -2.06. The summed E-state index contributed by atoms with van der Waals surface area (Å²) in [6, 6.07) is 14.1. The van der Waals surface area contributed by atoms with Crippen molar-refractivity contribution in [1.29, 1.82) is 0 Å². The normalized spacial score (nSPS) is 10.9. The van der Waals surface area contributed by atoms with Crippen molar-refractivity contribution < 1.29 is 0 Å². The third-order valence-electron chi connectivity index (χ3n) is 2.80. The summed E-state index contributed by atoms with van der Waals surface area (Å²) < 4.78 is 1.78. The van der Waals surface area contributed by atoms with E-state index >= 15 is 0 Å². The van der Waals surface area contributed by atoms with Gasteiger partial charge in [0.15, 0.2) is 5.65 Å². The fourth-order valence-corrected chi connectivity index (χ4v) is 1.99. The van der Waals surface area contributed by atoms with Crippen LogP contribution in [0.15, 0.2) is 42.5 Å². The van der Waals surface area contributed by atoms with E-state index in [1.165, 1.54) is 5.56 Å². The first-order chi connectivity index (χ1) is 8.25. The highest BCUT2D eigenvalue weighted by atomic mass is 15.3. The highest BCUT2D eigenvalue weighted by molar-refractivity contribution is 5.66. The van der Waals surface area contributed by atoms with Crippen molar-refractivity contribution in [2.24, 2.45) is 0 Å². The van der Waals surface area contributed by atoms with Crippen molar-refractivity contribution in [3.63, 3.8) is 0 Å². The summed E-state index contributed by atoms with van der Waals surface area (Å²) in [6.07, 6.45) is 0. The number of aryl methyl sites for hydroxylation is 1. The largest absolute Gasteiger partial charge is 0.366 e. The number of fused-ring (bicyclic) bond motifs is 1. The van der Waals surface area contributed by atoms with Gasteiger partial charge in [0.25, 0.3) is 0 Å². The molecule has 84 valence electrons. The number of hydrogen-bond donors (Lipinski definition) is 1. The van der Waals surface area contributed by atoms with Crippen molar-refractivity contribution in [3.05, 3.63) is 48.0 Å². The lowest BCUT2D eigenvalue weighted by Crippen LogP contribution is -1.95. The van der Waals surface area contributed by atoms with Crippen LogP contribution in [0.3, 0.4) is 0 Å². The Balaban J connectivity index is 2.34. The van der Waals surface area contributed by atoms with Crippen molar-refractivity contribution in [2.75, 3.05) is 5.73 Å². The second-order valence-electron chi connectivity index (χ2n) is 3.97. The molecule has 0 atom stereocenters. The van der Waals surface area contributed by atoms with Gasteiger partial charge in [-0.05, 0) is 24.6 Å². The second-order valence-corrected chi connectivity index (χ2v) is 3.97. The van der Waals surface area contributed by atoms with Crippen molar-refractivity contribution >= 4 is 11.6 Å². The minimum absolute atomic E-state index is 0.297. The fraction of sp³-hybridized carbons (Fsp3) is 0.0769. The third-order valence-corrected chi connectivity index (χ3v) is 2.80. The summed E-state index contributed by atoms with van der Waals surface area (Å²) in [6.45, 7) is 2.08. The van der Waals surface area contributed by atoms with Crippen LogP contribution in [0.4, 0.5) is 5.95 Å². The van der Waals surface area contributed by atoms with Crippen LogP contribution in [0.2, 0.25) is 0 Å². The lowest BCUT2D eigenvalue weighted by atomic mass is 10.1. The second kappa shape index (κ2) is 3.59. The average Bonchev–Trinajstić information content (AvgIpc) is 2.70. The minimum atomic E-state index is 0.297. The van der Waals surface area contributed by atoms with E-state index < -0.39 is 0 Å². The molecule has 3 aromatic rings. The third kappa shape index (κ3) is 1.54. The Morgan fingerprint density at radius 2 is 1.88 bits per heavy atom. The molecule has 0 amide bonds. The van der Waals surface area contributed by atoms with E-state index in [0.29, 0.717) is 5.95 Å². The number of aromatic nitrogens is 3. The van der Waals surface area contributed by atoms with Gasteiger partial charge in [-0.2, -0.15) is 4.98 Å². The van der Waals surface area contributed by atoms with Crippen LogP contribution in [0.25, 0.3) is 16.9 Å². The molecule has 4 heteroatoms. The Hall–Kier alpha value is -2.36. The van der Waals surface area contributed by atoms with Gasteiger partial charge in [-0.1, -0.05) is 30.3 Å². The van der Waals surface area contributed by atoms with Gasteiger partial charge in [-0.3, -0.25) is 0 Å². The molecule has 2 heterocycles. The molecule has 0 aliphatic carbocycles. The molecule has 2 N–H and O–H groups in total. The molecule has 4 nitrogen and oxygen atoms in total. The summed E-state index contributed by atoms with van der Waals surface area (Å²) in [5, 5.41) is 4.21.